The van der Waals surface area contributed by atoms with Crippen molar-refractivity contribution in [2.45, 2.75) is 37.6 Å². The highest BCUT2D eigenvalue weighted by molar-refractivity contribution is 7.89. The van der Waals surface area contributed by atoms with E-state index in [2.05, 4.69) is 10.0 Å². The molecular weight excluding hydrogens is 236 g/mol. The van der Waals surface area contributed by atoms with Gasteiger partial charge in [0.1, 0.15) is 0 Å². The smallest absolute Gasteiger partial charge is 0.240 e. The summed E-state index contributed by atoms with van der Waals surface area (Å²) in [5.41, 5.74) is 2.14. The lowest BCUT2D eigenvalue weighted by atomic mass is 10.0. The second-order valence-electron chi connectivity index (χ2n) is 4.63. The van der Waals surface area contributed by atoms with Crippen LogP contribution < -0.4 is 10.0 Å². The number of benzene rings is 1. The van der Waals surface area contributed by atoms with Crippen LogP contribution in [0.5, 0.6) is 0 Å². The van der Waals surface area contributed by atoms with Gasteiger partial charge in [-0.1, -0.05) is 6.07 Å². The zero-order valence-corrected chi connectivity index (χ0v) is 11.0. The molecule has 17 heavy (non-hydrogen) atoms. The lowest BCUT2D eigenvalue weighted by Crippen LogP contribution is -2.30. The molecule has 0 amide bonds. The van der Waals surface area contributed by atoms with Crippen LogP contribution in [0.1, 0.15) is 25.8 Å². The molecule has 2 rings (SSSR count). The van der Waals surface area contributed by atoms with Gasteiger partial charge in [0.2, 0.25) is 10.0 Å². The van der Waals surface area contributed by atoms with Gasteiger partial charge in [0.05, 0.1) is 4.90 Å². The third-order valence-electron chi connectivity index (χ3n) is 2.72. The average molecular weight is 254 g/mol. The van der Waals surface area contributed by atoms with Crippen molar-refractivity contribution in [3.05, 3.63) is 23.8 Å². The van der Waals surface area contributed by atoms with E-state index in [0.717, 1.165) is 25.1 Å². The normalized spacial score (nSPS) is 15.5. The first kappa shape index (κ1) is 12.4. The number of rotatable bonds is 3. The Morgan fingerprint density at radius 3 is 2.82 bits per heavy atom. The lowest BCUT2D eigenvalue weighted by molar-refractivity contribution is 0.570. The topological polar surface area (TPSA) is 58.2 Å². The third-order valence-corrected chi connectivity index (χ3v) is 4.38. The zero-order chi connectivity index (χ0) is 12.5. The molecule has 0 bridgehead atoms. The van der Waals surface area contributed by atoms with Crippen LogP contribution >= 0.6 is 0 Å². The van der Waals surface area contributed by atoms with Gasteiger partial charge in [0, 0.05) is 18.3 Å². The Labute approximate surface area is 102 Å². The first-order valence-electron chi connectivity index (χ1n) is 5.88. The van der Waals surface area contributed by atoms with Gasteiger partial charge in [0.25, 0.3) is 0 Å². The van der Waals surface area contributed by atoms with Crippen molar-refractivity contribution >= 4 is 15.7 Å². The molecule has 94 valence electrons. The number of hydrogen-bond acceptors (Lipinski definition) is 3. The fourth-order valence-electron chi connectivity index (χ4n) is 1.99. The van der Waals surface area contributed by atoms with Gasteiger partial charge in [-0.2, -0.15) is 0 Å². The fraction of sp³-hybridized carbons (Fsp3) is 0.500. The van der Waals surface area contributed by atoms with Gasteiger partial charge in [-0.05, 0) is 44.4 Å². The first-order valence-corrected chi connectivity index (χ1v) is 7.36. The summed E-state index contributed by atoms with van der Waals surface area (Å²) in [5, 5.41) is 3.24. The Balaban J connectivity index is 2.34. The minimum absolute atomic E-state index is 0.0935. The van der Waals surface area contributed by atoms with Crippen molar-refractivity contribution < 1.29 is 8.42 Å². The van der Waals surface area contributed by atoms with Crippen LogP contribution in [0.15, 0.2) is 23.1 Å². The molecule has 0 saturated carbocycles. The van der Waals surface area contributed by atoms with Crippen molar-refractivity contribution in [3.63, 3.8) is 0 Å². The van der Waals surface area contributed by atoms with Crippen LogP contribution in [0, 0.1) is 0 Å². The maximum atomic E-state index is 12.0. The SMILES string of the molecule is CC(C)NS(=O)(=O)c1ccc2c(c1)NCCC2. The van der Waals surface area contributed by atoms with Crippen molar-refractivity contribution in [2.24, 2.45) is 0 Å². The highest BCUT2D eigenvalue weighted by Crippen LogP contribution is 2.25. The summed E-state index contributed by atoms with van der Waals surface area (Å²) in [6.45, 7) is 4.54. The van der Waals surface area contributed by atoms with Crippen LogP contribution in [0.25, 0.3) is 0 Å². The summed E-state index contributed by atoms with van der Waals surface area (Å²) in [5.74, 6) is 0. The molecule has 0 fully saturated rings. The van der Waals surface area contributed by atoms with E-state index in [1.54, 1.807) is 12.1 Å². The van der Waals surface area contributed by atoms with Gasteiger partial charge in [0.15, 0.2) is 0 Å². The molecule has 0 radical (unpaired) electrons. The van der Waals surface area contributed by atoms with Crippen LogP contribution in [0.4, 0.5) is 5.69 Å². The first-order chi connectivity index (χ1) is 7.99. The number of aryl methyl sites for hydroxylation is 1. The van der Waals surface area contributed by atoms with E-state index in [1.165, 1.54) is 5.56 Å². The highest BCUT2D eigenvalue weighted by Gasteiger charge is 2.18. The molecule has 4 nitrogen and oxygen atoms in total. The molecule has 1 aliphatic rings. The maximum Gasteiger partial charge on any atom is 0.240 e. The molecule has 0 atom stereocenters. The van der Waals surface area contributed by atoms with E-state index in [-0.39, 0.29) is 6.04 Å². The molecule has 1 aliphatic heterocycles. The van der Waals surface area contributed by atoms with Crippen molar-refractivity contribution in [1.29, 1.82) is 0 Å². The second kappa shape index (κ2) is 4.66. The lowest BCUT2D eigenvalue weighted by Gasteiger charge is -2.19. The number of nitrogens with one attached hydrogen (secondary N) is 2. The molecule has 2 N–H and O–H groups in total. The third kappa shape index (κ3) is 2.79. The monoisotopic (exact) mass is 254 g/mol. The zero-order valence-electron chi connectivity index (χ0n) is 10.2. The second-order valence-corrected chi connectivity index (χ2v) is 6.34. The van der Waals surface area contributed by atoms with E-state index in [4.69, 9.17) is 0 Å². The quantitative estimate of drug-likeness (QED) is 0.863. The van der Waals surface area contributed by atoms with Gasteiger partial charge in [-0.3, -0.25) is 0 Å². The van der Waals surface area contributed by atoms with Gasteiger partial charge >= 0.3 is 0 Å². The number of sulfonamides is 1. The van der Waals surface area contributed by atoms with Crippen molar-refractivity contribution in [1.82, 2.24) is 4.72 Å². The largest absolute Gasteiger partial charge is 0.385 e. The van der Waals surface area contributed by atoms with Gasteiger partial charge in [-0.15, -0.1) is 0 Å². The van der Waals surface area contributed by atoms with E-state index in [0.29, 0.717) is 4.90 Å². The molecule has 1 heterocycles. The van der Waals surface area contributed by atoms with E-state index in [9.17, 15) is 8.42 Å². The molecule has 5 heteroatoms. The van der Waals surface area contributed by atoms with Crippen LogP contribution in [0.2, 0.25) is 0 Å². The molecule has 0 unspecified atom stereocenters. The summed E-state index contributed by atoms with van der Waals surface area (Å²) in [7, 11) is -3.38. The highest BCUT2D eigenvalue weighted by atomic mass is 32.2. The van der Waals surface area contributed by atoms with Crippen molar-refractivity contribution in [2.75, 3.05) is 11.9 Å². The van der Waals surface area contributed by atoms with Crippen LogP contribution in [-0.4, -0.2) is 21.0 Å². The Bertz CT molecular complexity index is 509. The predicted molar refractivity (Wildman–Crippen MR) is 68.7 cm³/mol. The minimum atomic E-state index is -3.38. The van der Waals surface area contributed by atoms with Crippen LogP contribution in [-0.2, 0) is 16.4 Å². The summed E-state index contributed by atoms with van der Waals surface area (Å²) >= 11 is 0. The summed E-state index contributed by atoms with van der Waals surface area (Å²) in [4.78, 5) is 0.333. The standard InChI is InChI=1S/C12H18N2O2S/c1-9(2)14-17(15,16)11-6-5-10-4-3-7-13-12(10)8-11/h5-6,8-9,13-14H,3-4,7H2,1-2H3. The molecule has 0 aromatic heterocycles. The Morgan fingerprint density at radius 1 is 1.35 bits per heavy atom. The Morgan fingerprint density at radius 2 is 2.12 bits per heavy atom. The minimum Gasteiger partial charge on any atom is -0.385 e. The number of fused-ring (bicyclic) bond motifs is 1. The van der Waals surface area contributed by atoms with Gasteiger partial charge in [-0.25, -0.2) is 13.1 Å². The predicted octanol–water partition coefficient (Wildman–Crippen LogP) is 1.73. The summed E-state index contributed by atoms with van der Waals surface area (Å²) in [6, 6.07) is 5.20. The molecule has 0 saturated heterocycles. The molecule has 1 aromatic rings. The average Bonchev–Trinajstić information content (AvgIpc) is 2.26. The molecule has 0 aliphatic carbocycles. The summed E-state index contributed by atoms with van der Waals surface area (Å²) < 4.78 is 26.6. The molecule has 1 aromatic carbocycles. The number of hydrogen-bond donors (Lipinski definition) is 2. The molecular formula is C12H18N2O2S. The Kier molecular flexibility index (Phi) is 3.40. The van der Waals surface area contributed by atoms with E-state index in [1.807, 2.05) is 19.9 Å². The van der Waals surface area contributed by atoms with E-state index >= 15 is 0 Å². The number of anilines is 1. The fourth-order valence-corrected chi connectivity index (χ4v) is 3.26. The van der Waals surface area contributed by atoms with E-state index < -0.39 is 10.0 Å². The van der Waals surface area contributed by atoms with Crippen molar-refractivity contribution in [3.8, 4) is 0 Å². The Hall–Kier alpha value is -1.07. The van der Waals surface area contributed by atoms with Gasteiger partial charge < -0.3 is 5.32 Å². The molecule has 0 spiro atoms. The van der Waals surface area contributed by atoms with Crippen LogP contribution in [0.3, 0.4) is 0 Å². The summed E-state index contributed by atoms with van der Waals surface area (Å²) in [6.07, 6.45) is 2.11. The maximum absolute atomic E-state index is 12.0.